The maximum Gasteiger partial charge on any atom is 0.313 e. The topological polar surface area (TPSA) is 65.7 Å². The molecule has 134 valence electrons. The lowest BCUT2D eigenvalue weighted by Crippen LogP contribution is -2.10. The normalized spacial score (nSPS) is 11.7. The number of carbonyl (C=O) groups is 2. The molecule has 1 aromatic heterocycles. The standard InChI is InChI=1S/C19H28O5/c1-5-22-18(21)13-16(20)17-9-10-19(24-17)23-12-11-15(4)8-6-7-14(2)3/h7,9-10,15H,5-6,8,11-13H2,1-4H3. The van der Waals surface area contributed by atoms with E-state index in [0.717, 1.165) is 19.3 Å². The number of carbonyl (C=O) groups excluding carboxylic acids is 2. The van der Waals surface area contributed by atoms with E-state index >= 15 is 0 Å². The van der Waals surface area contributed by atoms with E-state index in [1.54, 1.807) is 13.0 Å². The lowest BCUT2D eigenvalue weighted by atomic mass is 10.0. The van der Waals surface area contributed by atoms with E-state index in [4.69, 9.17) is 13.9 Å². The van der Waals surface area contributed by atoms with Crippen molar-refractivity contribution in [1.82, 2.24) is 0 Å². The first-order chi connectivity index (χ1) is 11.4. The fraction of sp³-hybridized carbons (Fsp3) is 0.579. The van der Waals surface area contributed by atoms with Gasteiger partial charge in [-0.3, -0.25) is 9.59 Å². The van der Waals surface area contributed by atoms with Gasteiger partial charge in [0.25, 0.3) is 5.95 Å². The maximum atomic E-state index is 11.8. The molecule has 0 aromatic carbocycles. The van der Waals surface area contributed by atoms with Crippen LogP contribution in [0.4, 0.5) is 0 Å². The Morgan fingerprint density at radius 1 is 1.25 bits per heavy atom. The number of hydrogen-bond acceptors (Lipinski definition) is 5. The Morgan fingerprint density at radius 3 is 2.67 bits per heavy atom. The van der Waals surface area contributed by atoms with Crippen molar-refractivity contribution in [2.75, 3.05) is 13.2 Å². The summed E-state index contributed by atoms with van der Waals surface area (Å²) in [5, 5.41) is 0. The van der Waals surface area contributed by atoms with Crippen molar-refractivity contribution in [1.29, 1.82) is 0 Å². The number of furan rings is 1. The number of rotatable bonds is 11. The van der Waals surface area contributed by atoms with Crippen LogP contribution in [-0.4, -0.2) is 25.0 Å². The summed E-state index contributed by atoms with van der Waals surface area (Å²) < 4.78 is 15.6. The first-order valence-electron chi connectivity index (χ1n) is 8.47. The number of hydrogen-bond donors (Lipinski definition) is 0. The van der Waals surface area contributed by atoms with E-state index < -0.39 is 11.8 Å². The summed E-state index contributed by atoms with van der Waals surface area (Å²) in [4.78, 5) is 23.1. The summed E-state index contributed by atoms with van der Waals surface area (Å²) in [6.45, 7) is 8.89. The zero-order valence-corrected chi connectivity index (χ0v) is 15.1. The van der Waals surface area contributed by atoms with Crippen molar-refractivity contribution in [3.63, 3.8) is 0 Å². The number of Topliss-reactive ketones (excluding diaryl/α,β-unsaturated/α-hetero) is 1. The lowest BCUT2D eigenvalue weighted by Gasteiger charge is -2.10. The van der Waals surface area contributed by atoms with Crippen LogP contribution in [-0.2, 0) is 9.53 Å². The minimum absolute atomic E-state index is 0.120. The molecule has 1 aromatic rings. The largest absolute Gasteiger partial charge is 0.466 e. The molecule has 5 heteroatoms. The van der Waals surface area contributed by atoms with Crippen LogP contribution in [0.2, 0.25) is 0 Å². The molecular weight excluding hydrogens is 308 g/mol. The van der Waals surface area contributed by atoms with Gasteiger partial charge in [-0.1, -0.05) is 18.6 Å². The van der Waals surface area contributed by atoms with E-state index in [2.05, 4.69) is 26.8 Å². The number of ether oxygens (including phenoxy) is 2. The van der Waals surface area contributed by atoms with Gasteiger partial charge in [-0.15, -0.1) is 0 Å². The fourth-order valence-corrected chi connectivity index (χ4v) is 2.14. The molecule has 0 aliphatic carbocycles. The van der Waals surface area contributed by atoms with Crippen molar-refractivity contribution in [3.8, 4) is 5.95 Å². The third-order valence-corrected chi connectivity index (χ3v) is 3.53. The molecule has 0 saturated carbocycles. The van der Waals surface area contributed by atoms with Gasteiger partial charge in [-0.2, -0.15) is 0 Å². The highest BCUT2D eigenvalue weighted by Gasteiger charge is 2.16. The van der Waals surface area contributed by atoms with Gasteiger partial charge in [-0.05, 0) is 52.0 Å². The van der Waals surface area contributed by atoms with Crippen LogP contribution in [0, 0.1) is 5.92 Å². The summed E-state index contributed by atoms with van der Waals surface area (Å²) in [6.07, 6.45) is 5.05. The Balaban J connectivity index is 2.32. The Morgan fingerprint density at radius 2 is 2.00 bits per heavy atom. The zero-order chi connectivity index (χ0) is 17.9. The quantitative estimate of drug-likeness (QED) is 0.256. The zero-order valence-electron chi connectivity index (χ0n) is 15.1. The average Bonchev–Trinajstić information content (AvgIpc) is 2.96. The van der Waals surface area contributed by atoms with Gasteiger partial charge >= 0.3 is 5.97 Å². The van der Waals surface area contributed by atoms with Crippen LogP contribution in [0.25, 0.3) is 0 Å². The fourth-order valence-electron chi connectivity index (χ4n) is 2.14. The smallest absolute Gasteiger partial charge is 0.313 e. The van der Waals surface area contributed by atoms with E-state index in [0.29, 0.717) is 18.5 Å². The van der Waals surface area contributed by atoms with Crippen molar-refractivity contribution in [3.05, 3.63) is 29.5 Å². The summed E-state index contributed by atoms with van der Waals surface area (Å²) in [5.41, 5.74) is 1.34. The summed E-state index contributed by atoms with van der Waals surface area (Å²) in [6, 6.07) is 3.13. The highest BCUT2D eigenvalue weighted by Crippen LogP contribution is 2.19. The monoisotopic (exact) mass is 336 g/mol. The molecule has 1 atom stereocenters. The summed E-state index contributed by atoms with van der Waals surface area (Å²) >= 11 is 0. The Bertz CT molecular complexity index is 552. The summed E-state index contributed by atoms with van der Waals surface area (Å²) in [7, 11) is 0. The van der Waals surface area contributed by atoms with Gasteiger partial charge in [0.2, 0.25) is 5.78 Å². The number of allylic oxidation sites excluding steroid dienone is 2. The SMILES string of the molecule is CCOC(=O)CC(=O)c1ccc(OCCC(C)CCC=C(C)C)o1. The number of esters is 1. The number of ketones is 1. The second-order valence-electron chi connectivity index (χ2n) is 6.12. The van der Waals surface area contributed by atoms with Gasteiger partial charge in [0.05, 0.1) is 13.2 Å². The molecule has 0 N–H and O–H groups in total. The predicted octanol–water partition coefficient (Wildman–Crippen LogP) is 4.57. The molecule has 0 aliphatic heterocycles. The van der Waals surface area contributed by atoms with Crippen LogP contribution in [0.1, 0.15) is 63.9 Å². The maximum absolute atomic E-state index is 11.8. The Labute approximate surface area is 144 Å². The second kappa shape index (κ2) is 10.7. The van der Waals surface area contributed by atoms with E-state index in [-0.39, 0.29) is 18.8 Å². The molecule has 5 nitrogen and oxygen atoms in total. The molecule has 0 bridgehead atoms. The summed E-state index contributed by atoms with van der Waals surface area (Å²) in [5.74, 6) is 0.0267. The van der Waals surface area contributed by atoms with Gasteiger partial charge in [-0.25, -0.2) is 0 Å². The van der Waals surface area contributed by atoms with Crippen LogP contribution < -0.4 is 4.74 Å². The van der Waals surface area contributed by atoms with Crippen LogP contribution in [0.3, 0.4) is 0 Å². The average molecular weight is 336 g/mol. The molecule has 1 heterocycles. The van der Waals surface area contributed by atoms with Crippen molar-refractivity contribution >= 4 is 11.8 Å². The minimum Gasteiger partial charge on any atom is -0.466 e. The van der Waals surface area contributed by atoms with Gasteiger partial charge in [0.1, 0.15) is 6.42 Å². The first kappa shape index (κ1) is 20.0. The second-order valence-corrected chi connectivity index (χ2v) is 6.12. The molecule has 0 radical (unpaired) electrons. The van der Waals surface area contributed by atoms with E-state index in [9.17, 15) is 9.59 Å². The molecule has 0 fully saturated rings. The van der Waals surface area contributed by atoms with Crippen molar-refractivity contribution in [2.24, 2.45) is 5.92 Å². The molecule has 0 spiro atoms. The molecule has 1 unspecified atom stereocenters. The molecule has 0 saturated heterocycles. The van der Waals surface area contributed by atoms with Crippen LogP contribution in [0.15, 0.2) is 28.2 Å². The van der Waals surface area contributed by atoms with Crippen LogP contribution >= 0.6 is 0 Å². The minimum atomic E-state index is -0.549. The lowest BCUT2D eigenvalue weighted by molar-refractivity contribution is -0.142. The van der Waals surface area contributed by atoms with Crippen LogP contribution in [0.5, 0.6) is 5.95 Å². The molecule has 0 amide bonds. The van der Waals surface area contributed by atoms with Crippen molar-refractivity contribution in [2.45, 2.75) is 53.4 Å². The third-order valence-electron chi connectivity index (χ3n) is 3.53. The molecular formula is C19H28O5. The third kappa shape index (κ3) is 7.99. The highest BCUT2D eigenvalue weighted by molar-refractivity contribution is 6.04. The van der Waals surface area contributed by atoms with Crippen molar-refractivity contribution < 1.29 is 23.5 Å². The van der Waals surface area contributed by atoms with E-state index in [1.807, 2.05) is 0 Å². The van der Waals surface area contributed by atoms with Gasteiger partial charge < -0.3 is 13.9 Å². The predicted molar refractivity (Wildman–Crippen MR) is 92.2 cm³/mol. The molecule has 1 rings (SSSR count). The molecule has 24 heavy (non-hydrogen) atoms. The highest BCUT2D eigenvalue weighted by atomic mass is 16.6. The first-order valence-corrected chi connectivity index (χ1v) is 8.47. The van der Waals surface area contributed by atoms with E-state index in [1.165, 1.54) is 11.6 Å². The Hall–Kier alpha value is -2.04. The molecule has 0 aliphatic rings. The van der Waals surface area contributed by atoms with Gasteiger partial charge in [0.15, 0.2) is 5.76 Å². The Kier molecular flexibility index (Phi) is 8.90. The van der Waals surface area contributed by atoms with Gasteiger partial charge in [0, 0.05) is 6.07 Å².